The summed E-state index contributed by atoms with van der Waals surface area (Å²) in [5.41, 5.74) is 3.17. The maximum Gasteiger partial charge on any atom is 0.0589 e. The van der Waals surface area contributed by atoms with Crippen molar-refractivity contribution in [1.82, 2.24) is 9.80 Å². The minimum Gasteiger partial charge on any atom is -0.383 e. The van der Waals surface area contributed by atoms with Gasteiger partial charge in [-0.15, -0.1) is 0 Å². The molecular formula is C20H34N2O. The van der Waals surface area contributed by atoms with Crippen LogP contribution in [0.3, 0.4) is 0 Å². The summed E-state index contributed by atoms with van der Waals surface area (Å²) in [6.45, 7) is 16.8. The van der Waals surface area contributed by atoms with Crippen molar-refractivity contribution in [2.75, 3.05) is 39.9 Å². The topological polar surface area (TPSA) is 15.7 Å². The fourth-order valence-corrected chi connectivity index (χ4v) is 3.67. The van der Waals surface area contributed by atoms with Gasteiger partial charge in [-0.3, -0.25) is 9.80 Å². The van der Waals surface area contributed by atoms with Crippen LogP contribution in [0.25, 0.3) is 0 Å². The SMILES string of the molecule is COCCN1CCN(C(C)(C)C)C(c2ccccc2C(C)C)C1. The van der Waals surface area contributed by atoms with Gasteiger partial charge in [0.15, 0.2) is 0 Å². The van der Waals surface area contributed by atoms with Crippen LogP contribution in [-0.2, 0) is 4.74 Å². The van der Waals surface area contributed by atoms with Crippen LogP contribution in [-0.4, -0.2) is 55.2 Å². The summed E-state index contributed by atoms with van der Waals surface area (Å²) in [4.78, 5) is 5.23. The minimum atomic E-state index is 0.183. The lowest BCUT2D eigenvalue weighted by Gasteiger charge is -2.48. The number of ether oxygens (including phenoxy) is 1. The first kappa shape index (κ1) is 18.4. The highest BCUT2D eigenvalue weighted by Gasteiger charge is 2.35. The molecule has 1 fully saturated rings. The second kappa shape index (κ2) is 7.78. The number of hydrogen-bond acceptors (Lipinski definition) is 3. The summed E-state index contributed by atoms with van der Waals surface area (Å²) < 4.78 is 5.29. The number of hydrogen-bond donors (Lipinski definition) is 0. The molecule has 3 heteroatoms. The van der Waals surface area contributed by atoms with E-state index in [2.05, 4.69) is 68.7 Å². The molecular weight excluding hydrogens is 284 g/mol. The predicted octanol–water partition coefficient (Wildman–Crippen LogP) is 3.91. The van der Waals surface area contributed by atoms with E-state index in [0.717, 1.165) is 32.8 Å². The summed E-state index contributed by atoms with van der Waals surface area (Å²) in [5, 5.41) is 0. The van der Waals surface area contributed by atoms with Gasteiger partial charge in [0, 0.05) is 44.9 Å². The molecule has 1 aromatic rings. The molecule has 0 radical (unpaired) electrons. The summed E-state index contributed by atoms with van der Waals surface area (Å²) >= 11 is 0. The van der Waals surface area contributed by atoms with Gasteiger partial charge in [-0.05, 0) is 37.8 Å². The molecule has 0 amide bonds. The summed E-state index contributed by atoms with van der Waals surface area (Å²) in [7, 11) is 1.79. The van der Waals surface area contributed by atoms with E-state index in [1.807, 2.05) is 0 Å². The molecule has 0 spiro atoms. The van der Waals surface area contributed by atoms with Crippen molar-refractivity contribution in [3.8, 4) is 0 Å². The van der Waals surface area contributed by atoms with E-state index in [4.69, 9.17) is 4.74 Å². The van der Waals surface area contributed by atoms with Gasteiger partial charge in [0.25, 0.3) is 0 Å². The predicted molar refractivity (Wildman–Crippen MR) is 98.0 cm³/mol. The summed E-state index contributed by atoms with van der Waals surface area (Å²) in [5.74, 6) is 0.558. The Morgan fingerprint density at radius 2 is 1.87 bits per heavy atom. The van der Waals surface area contributed by atoms with Crippen LogP contribution in [0.1, 0.15) is 57.7 Å². The minimum absolute atomic E-state index is 0.183. The zero-order chi connectivity index (χ0) is 17.0. The number of methoxy groups -OCH3 is 1. The third-order valence-corrected chi connectivity index (χ3v) is 4.91. The Labute approximate surface area is 142 Å². The first-order valence-electron chi connectivity index (χ1n) is 8.91. The molecule has 23 heavy (non-hydrogen) atoms. The molecule has 130 valence electrons. The Kier molecular flexibility index (Phi) is 6.24. The maximum absolute atomic E-state index is 5.29. The highest BCUT2D eigenvalue weighted by Crippen LogP contribution is 2.35. The van der Waals surface area contributed by atoms with Crippen molar-refractivity contribution in [1.29, 1.82) is 0 Å². The highest BCUT2D eigenvalue weighted by molar-refractivity contribution is 5.33. The Balaban J connectivity index is 2.32. The zero-order valence-electron chi connectivity index (χ0n) is 15.8. The van der Waals surface area contributed by atoms with Gasteiger partial charge in [-0.2, -0.15) is 0 Å². The van der Waals surface area contributed by atoms with E-state index < -0.39 is 0 Å². The van der Waals surface area contributed by atoms with Gasteiger partial charge >= 0.3 is 0 Å². The van der Waals surface area contributed by atoms with Crippen molar-refractivity contribution in [2.24, 2.45) is 0 Å². The normalized spacial score (nSPS) is 21.1. The number of piperazine rings is 1. The van der Waals surface area contributed by atoms with Crippen LogP contribution < -0.4 is 0 Å². The van der Waals surface area contributed by atoms with Crippen LogP contribution in [0.4, 0.5) is 0 Å². The summed E-state index contributed by atoms with van der Waals surface area (Å²) in [6, 6.07) is 9.45. The Hall–Kier alpha value is -0.900. The average molecular weight is 319 g/mol. The van der Waals surface area contributed by atoms with E-state index in [9.17, 15) is 0 Å². The monoisotopic (exact) mass is 318 g/mol. The smallest absolute Gasteiger partial charge is 0.0589 e. The van der Waals surface area contributed by atoms with Gasteiger partial charge in [0.1, 0.15) is 0 Å². The molecule has 1 saturated heterocycles. The van der Waals surface area contributed by atoms with Gasteiger partial charge in [0.05, 0.1) is 6.61 Å². The van der Waals surface area contributed by atoms with E-state index in [-0.39, 0.29) is 5.54 Å². The molecule has 1 aliphatic rings. The van der Waals surface area contributed by atoms with Crippen molar-refractivity contribution in [2.45, 2.75) is 52.1 Å². The second-order valence-corrected chi connectivity index (χ2v) is 7.96. The lowest BCUT2D eigenvalue weighted by atomic mass is 9.88. The fraction of sp³-hybridized carbons (Fsp3) is 0.700. The molecule has 0 aromatic heterocycles. The number of benzene rings is 1. The van der Waals surface area contributed by atoms with Crippen LogP contribution in [0.5, 0.6) is 0 Å². The van der Waals surface area contributed by atoms with E-state index >= 15 is 0 Å². The van der Waals surface area contributed by atoms with Crippen molar-refractivity contribution >= 4 is 0 Å². The quantitative estimate of drug-likeness (QED) is 0.818. The Morgan fingerprint density at radius 1 is 1.17 bits per heavy atom. The van der Waals surface area contributed by atoms with Gasteiger partial charge in [-0.25, -0.2) is 0 Å². The molecule has 1 aromatic carbocycles. The largest absolute Gasteiger partial charge is 0.383 e. The first-order valence-corrected chi connectivity index (χ1v) is 8.91. The van der Waals surface area contributed by atoms with Crippen molar-refractivity contribution < 1.29 is 4.74 Å². The molecule has 0 N–H and O–H groups in total. The summed E-state index contributed by atoms with van der Waals surface area (Å²) in [6.07, 6.45) is 0. The lowest BCUT2D eigenvalue weighted by Crippen LogP contribution is -2.55. The van der Waals surface area contributed by atoms with Crippen LogP contribution in [0.2, 0.25) is 0 Å². The van der Waals surface area contributed by atoms with Gasteiger partial charge < -0.3 is 4.74 Å². The Bertz CT molecular complexity index is 493. The van der Waals surface area contributed by atoms with Crippen molar-refractivity contribution in [3.63, 3.8) is 0 Å². The van der Waals surface area contributed by atoms with E-state index in [1.54, 1.807) is 7.11 Å². The molecule has 1 heterocycles. The molecule has 0 aliphatic carbocycles. The molecule has 0 bridgehead atoms. The van der Waals surface area contributed by atoms with Crippen molar-refractivity contribution in [3.05, 3.63) is 35.4 Å². The van der Waals surface area contributed by atoms with E-state index in [1.165, 1.54) is 11.1 Å². The average Bonchev–Trinajstić information content (AvgIpc) is 2.51. The standard InChI is InChI=1S/C20H34N2O/c1-16(2)17-9-7-8-10-18(17)19-15-21(13-14-23-6)11-12-22(19)20(3,4)5/h7-10,16,19H,11-15H2,1-6H3. The van der Waals surface area contributed by atoms with Gasteiger partial charge in [-0.1, -0.05) is 38.1 Å². The number of rotatable bonds is 5. The first-order chi connectivity index (χ1) is 10.8. The lowest BCUT2D eigenvalue weighted by molar-refractivity contribution is 0.00112. The number of nitrogens with zero attached hydrogens (tertiary/aromatic N) is 2. The fourth-order valence-electron chi connectivity index (χ4n) is 3.67. The van der Waals surface area contributed by atoms with Crippen LogP contribution >= 0.6 is 0 Å². The molecule has 1 unspecified atom stereocenters. The van der Waals surface area contributed by atoms with E-state index in [0.29, 0.717) is 12.0 Å². The third-order valence-electron chi connectivity index (χ3n) is 4.91. The zero-order valence-corrected chi connectivity index (χ0v) is 15.8. The second-order valence-electron chi connectivity index (χ2n) is 7.96. The maximum atomic E-state index is 5.29. The molecule has 2 rings (SSSR count). The third kappa shape index (κ3) is 4.56. The molecule has 1 aliphatic heterocycles. The van der Waals surface area contributed by atoms with Crippen LogP contribution in [0.15, 0.2) is 24.3 Å². The Morgan fingerprint density at radius 3 is 2.48 bits per heavy atom. The van der Waals surface area contributed by atoms with Gasteiger partial charge in [0.2, 0.25) is 0 Å². The highest BCUT2D eigenvalue weighted by atomic mass is 16.5. The molecule has 0 saturated carbocycles. The molecule has 3 nitrogen and oxygen atoms in total. The van der Waals surface area contributed by atoms with Crippen LogP contribution in [0, 0.1) is 0 Å². The molecule has 1 atom stereocenters.